The Kier molecular flexibility index (Phi) is 3.34. The highest BCUT2D eigenvalue weighted by Gasteiger charge is 2.18. The molecule has 0 aliphatic carbocycles. The van der Waals surface area contributed by atoms with Gasteiger partial charge in [0.25, 0.3) is 0 Å². The average molecular weight is 319 g/mol. The maximum Gasteiger partial charge on any atom is 0.142 e. The maximum atomic E-state index is 6.07. The lowest BCUT2D eigenvalue weighted by molar-refractivity contribution is 0.307. The number of nitrogens with two attached hydrogens (primary N) is 1. The van der Waals surface area contributed by atoms with E-state index in [-0.39, 0.29) is 0 Å². The Morgan fingerprint density at radius 1 is 1.21 bits per heavy atom. The van der Waals surface area contributed by atoms with Gasteiger partial charge in [-0.15, -0.1) is 0 Å². The maximum absolute atomic E-state index is 6.07. The summed E-state index contributed by atoms with van der Waals surface area (Å²) in [4.78, 5) is 2.30. The molecule has 2 N–H and O–H groups in total. The zero-order valence-electron chi connectivity index (χ0n) is 10.5. The third kappa shape index (κ3) is 2.54. The molecule has 1 heterocycles. The van der Waals surface area contributed by atoms with Crippen LogP contribution in [0.4, 0.5) is 11.4 Å². The standard InChI is InChI=1S/C15H15BrN2O/c16-12-6-5-11(13(17)9-12)10-18-7-8-19-15-4-2-1-3-14(15)18/h1-6,9H,7-8,10,17H2. The summed E-state index contributed by atoms with van der Waals surface area (Å²) in [6.45, 7) is 2.40. The summed E-state index contributed by atoms with van der Waals surface area (Å²) in [5.41, 5.74) is 9.16. The van der Waals surface area contributed by atoms with Crippen LogP contribution in [0, 0.1) is 0 Å². The molecule has 0 bridgehead atoms. The van der Waals surface area contributed by atoms with Gasteiger partial charge in [0.05, 0.1) is 12.2 Å². The van der Waals surface area contributed by atoms with Gasteiger partial charge in [-0.05, 0) is 29.8 Å². The van der Waals surface area contributed by atoms with E-state index >= 15 is 0 Å². The van der Waals surface area contributed by atoms with Crippen molar-refractivity contribution in [1.82, 2.24) is 0 Å². The first-order chi connectivity index (χ1) is 9.24. The third-order valence-electron chi connectivity index (χ3n) is 3.29. The second-order valence-corrected chi connectivity index (χ2v) is 5.50. The molecule has 0 spiro atoms. The van der Waals surface area contributed by atoms with Gasteiger partial charge < -0.3 is 15.4 Å². The van der Waals surface area contributed by atoms with E-state index in [1.807, 2.05) is 30.3 Å². The number of ether oxygens (including phenoxy) is 1. The first-order valence-corrected chi connectivity index (χ1v) is 7.04. The Balaban J connectivity index is 1.88. The quantitative estimate of drug-likeness (QED) is 0.862. The molecular weight excluding hydrogens is 304 g/mol. The van der Waals surface area contributed by atoms with Gasteiger partial charge in [0.1, 0.15) is 12.4 Å². The van der Waals surface area contributed by atoms with Crippen molar-refractivity contribution >= 4 is 27.3 Å². The first kappa shape index (κ1) is 12.4. The fourth-order valence-corrected chi connectivity index (χ4v) is 2.69. The molecule has 1 aliphatic rings. The number of para-hydroxylation sites is 2. The van der Waals surface area contributed by atoms with Crippen molar-refractivity contribution in [2.45, 2.75) is 6.54 Å². The highest BCUT2D eigenvalue weighted by atomic mass is 79.9. The summed E-state index contributed by atoms with van der Waals surface area (Å²) in [6, 6.07) is 14.2. The van der Waals surface area contributed by atoms with Crippen LogP contribution in [0.2, 0.25) is 0 Å². The zero-order valence-corrected chi connectivity index (χ0v) is 12.1. The highest BCUT2D eigenvalue weighted by Crippen LogP contribution is 2.32. The Bertz CT molecular complexity index is 600. The van der Waals surface area contributed by atoms with Crippen LogP contribution >= 0.6 is 15.9 Å². The second-order valence-electron chi connectivity index (χ2n) is 4.58. The van der Waals surface area contributed by atoms with Gasteiger partial charge in [-0.2, -0.15) is 0 Å². The Morgan fingerprint density at radius 3 is 2.89 bits per heavy atom. The number of benzene rings is 2. The van der Waals surface area contributed by atoms with Crippen LogP contribution in [0.5, 0.6) is 5.75 Å². The predicted molar refractivity (Wildman–Crippen MR) is 81.5 cm³/mol. The van der Waals surface area contributed by atoms with E-state index in [0.29, 0.717) is 6.61 Å². The third-order valence-corrected chi connectivity index (χ3v) is 3.79. The number of hydrogen-bond acceptors (Lipinski definition) is 3. The predicted octanol–water partition coefficient (Wildman–Crippen LogP) is 3.43. The molecule has 0 fully saturated rings. The number of halogens is 1. The van der Waals surface area contributed by atoms with Crippen molar-refractivity contribution in [3.8, 4) is 5.75 Å². The molecule has 2 aromatic carbocycles. The number of nitrogens with zero attached hydrogens (tertiary/aromatic N) is 1. The summed E-state index contributed by atoms with van der Waals surface area (Å²) >= 11 is 3.43. The molecule has 0 unspecified atom stereocenters. The van der Waals surface area contributed by atoms with E-state index in [9.17, 15) is 0 Å². The number of hydrogen-bond donors (Lipinski definition) is 1. The minimum absolute atomic E-state index is 0.716. The van der Waals surface area contributed by atoms with Gasteiger partial charge >= 0.3 is 0 Å². The summed E-state index contributed by atoms with van der Waals surface area (Å²) in [7, 11) is 0. The monoisotopic (exact) mass is 318 g/mol. The average Bonchev–Trinajstić information content (AvgIpc) is 2.42. The molecule has 3 nitrogen and oxygen atoms in total. The largest absolute Gasteiger partial charge is 0.490 e. The number of nitrogen functional groups attached to an aromatic ring is 1. The van der Waals surface area contributed by atoms with Crippen LogP contribution in [0.1, 0.15) is 5.56 Å². The van der Waals surface area contributed by atoms with Crippen LogP contribution < -0.4 is 15.4 Å². The Hall–Kier alpha value is -1.68. The van der Waals surface area contributed by atoms with Crippen LogP contribution in [0.25, 0.3) is 0 Å². The van der Waals surface area contributed by atoms with E-state index in [0.717, 1.165) is 40.2 Å². The highest BCUT2D eigenvalue weighted by molar-refractivity contribution is 9.10. The first-order valence-electron chi connectivity index (χ1n) is 6.25. The van der Waals surface area contributed by atoms with E-state index in [4.69, 9.17) is 10.5 Å². The van der Waals surface area contributed by atoms with Crippen LogP contribution in [-0.2, 0) is 6.54 Å². The number of rotatable bonds is 2. The fourth-order valence-electron chi connectivity index (χ4n) is 2.31. The van der Waals surface area contributed by atoms with E-state index in [1.165, 1.54) is 0 Å². The molecule has 0 saturated carbocycles. The molecule has 0 saturated heterocycles. The van der Waals surface area contributed by atoms with Crippen molar-refractivity contribution in [2.24, 2.45) is 0 Å². The summed E-state index contributed by atoms with van der Waals surface area (Å²) in [5.74, 6) is 0.949. The van der Waals surface area contributed by atoms with Gasteiger partial charge in [-0.1, -0.05) is 34.1 Å². The van der Waals surface area contributed by atoms with E-state index in [1.54, 1.807) is 0 Å². The van der Waals surface area contributed by atoms with Gasteiger partial charge in [-0.3, -0.25) is 0 Å². The van der Waals surface area contributed by atoms with Gasteiger partial charge in [-0.25, -0.2) is 0 Å². The van der Waals surface area contributed by atoms with Crippen LogP contribution in [0.3, 0.4) is 0 Å². The summed E-state index contributed by atoms with van der Waals surface area (Å²) in [5, 5.41) is 0. The lowest BCUT2D eigenvalue weighted by atomic mass is 10.1. The van der Waals surface area contributed by atoms with Crippen LogP contribution in [0.15, 0.2) is 46.9 Å². The molecule has 0 atom stereocenters. The molecule has 19 heavy (non-hydrogen) atoms. The number of fused-ring (bicyclic) bond motifs is 1. The lowest BCUT2D eigenvalue weighted by Gasteiger charge is -2.31. The normalized spacial score (nSPS) is 13.8. The van der Waals surface area contributed by atoms with Crippen molar-refractivity contribution in [2.75, 3.05) is 23.8 Å². The zero-order chi connectivity index (χ0) is 13.2. The smallest absolute Gasteiger partial charge is 0.142 e. The molecule has 3 rings (SSSR count). The van der Waals surface area contributed by atoms with Crippen molar-refractivity contribution in [3.63, 3.8) is 0 Å². The second kappa shape index (κ2) is 5.13. The minimum Gasteiger partial charge on any atom is -0.490 e. The Labute approximate surface area is 121 Å². The fraction of sp³-hybridized carbons (Fsp3) is 0.200. The van der Waals surface area contributed by atoms with Gasteiger partial charge in [0, 0.05) is 16.7 Å². The van der Waals surface area contributed by atoms with Crippen molar-refractivity contribution in [3.05, 3.63) is 52.5 Å². The van der Waals surface area contributed by atoms with E-state index in [2.05, 4.69) is 33.0 Å². The summed E-state index contributed by atoms with van der Waals surface area (Å²) < 4.78 is 6.67. The topological polar surface area (TPSA) is 38.5 Å². The van der Waals surface area contributed by atoms with Gasteiger partial charge in [0.2, 0.25) is 0 Å². The van der Waals surface area contributed by atoms with Crippen LogP contribution in [-0.4, -0.2) is 13.2 Å². The minimum atomic E-state index is 0.716. The van der Waals surface area contributed by atoms with E-state index < -0.39 is 0 Å². The molecule has 1 aliphatic heterocycles. The van der Waals surface area contributed by atoms with Crippen molar-refractivity contribution in [1.29, 1.82) is 0 Å². The summed E-state index contributed by atoms with van der Waals surface area (Å²) in [6.07, 6.45) is 0. The molecule has 0 aromatic heterocycles. The lowest BCUT2D eigenvalue weighted by Crippen LogP contribution is -2.32. The SMILES string of the molecule is Nc1cc(Br)ccc1CN1CCOc2ccccc21. The molecule has 0 amide bonds. The van der Waals surface area contributed by atoms with Gasteiger partial charge in [0.15, 0.2) is 0 Å². The Morgan fingerprint density at radius 2 is 2.05 bits per heavy atom. The molecular formula is C15H15BrN2O. The molecule has 4 heteroatoms. The molecule has 0 radical (unpaired) electrons. The van der Waals surface area contributed by atoms with Crippen molar-refractivity contribution < 1.29 is 4.74 Å². The molecule has 98 valence electrons. The number of anilines is 2. The molecule has 2 aromatic rings.